The van der Waals surface area contributed by atoms with Gasteiger partial charge in [-0.3, -0.25) is 14.2 Å². The van der Waals surface area contributed by atoms with Crippen molar-refractivity contribution in [3.63, 3.8) is 0 Å². The smallest absolute Gasteiger partial charge is 0.265 e. The topological polar surface area (TPSA) is 64.0 Å². The van der Waals surface area contributed by atoms with Crippen molar-refractivity contribution >= 4 is 22.5 Å². The van der Waals surface area contributed by atoms with Crippen molar-refractivity contribution in [1.29, 1.82) is 0 Å². The summed E-state index contributed by atoms with van der Waals surface area (Å²) in [5.74, 6) is -0.243. The highest BCUT2D eigenvalue weighted by molar-refractivity contribution is 6.06. The zero-order chi connectivity index (χ0) is 17.9. The van der Waals surface area contributed by atoms with Crippen LogP contribution >= 0.6 is 0 Å². The maximum Gasteiger partial charge on any atom is 0.265 e. The van der Waals surface area contributed by atoms with E-state index in [0.717, 1.165) is 5.69 Å². The zero-order valence-corrected chi connectivity index (χ0v) is 13.8. The van der Waals surface area contributed by atoms with Crippen LogP contribution in [0.25, 0.3) is 16.6 Å². The molecular formula is C21H15N3O2. The largest absolute Gasteiger partial charge is 0.322 e. The lowest BCUT2D eigenvalue weighted by Gasteiger charge is -2.08. The molecular weight excluding hydrogens is 326 g/mol. The highest BCUT2D eigenvalue weighted by Gasteiger charge is 2.10. The first-order valence-electron chi connectivity index (χ1n) is 8.15. The molecule has 1 N–H and O–H groups in total. The summed E-state index contributed by atoms with van der Waals surface area (Å²) in [7, 11) is 0. The Morgan fingerprint density at radius 1 is 0.885 bits per heavy atom. The molecule has 0 saturated heterocycles. The van der Waals surface area contributed by atoms with E-state index in [9.17, 15) is 9.59 Å². The molecule has 0 radical (unpaired) electrons. The van der Waals surface area contributed by atoms with Gasteiger partial charge in [0.05, 0.1) is 16.6 Å². The molecule has 5 heteroatoms. The maximum absolute atomic E-state index is 12.7. The molecule has 0 bridgehead atoms. The van der Waals surface area contributed by atoms with Gasteiger partial charge in [0.25, 0.3) is 11.5 Å². The van der Waals surface area contributed by atoms with Crippen LogP contribution in [-0.2, 0) is 0 Å². The molecule has 1 heterocycles. The molecule has 1 amide bonds. The van der Waals surface area contributed by atoms with Crippen LogP contribution in [0.2, 0.25) is 0 Å². The van der Waals surface area contributed by atoms with Crippen molar-refractivity contribution in [3.8, 4) is 5.69 Å². The van der Waals surface area contributed by atoms with Gasteiger partial charge in [0, 0.05) is 11.3 Å². The van der Waals surface area contributed by atoms with Gasteiger partial charge in [-0.1, -0.05) is 36.4 Å². The number of carbonyl (C=O) groups is 1. The normalized spacial score (nSPS) is 10.6. The Bertz CT molecular complexity index is 1140. The minimum atomic E-state index is -0.243. The summed E-state index contributed by atoms with van der Waals surface area (Å²) >= 11 is 0. The van der Waals surface area contributed by atoms with E-state index in [1.165, 1.54) is 10.9 Å². The van der Waals surface area contributed by atoms with Gasteiger partial charge < -0.3 is 5.32 Å². The quantitative estimate of drug-likeness (QED) is 0.619. The number of anilines is 1. The van der Waals surface area contributed by atoms with E-state index >= 15 is 0 Å². The van der Waals surface area contributed by atoms with E-state index in [0.29, 0.717) is 22.2 Å². The summed E-state index contributed by atoms with van der Waals surface area (Å²) in [4.78, 5) is 29.5. The fourth-order valence-electron chi connectivity index (χ4n) is 2.76. The van der Waals surface area contributed by atoms with Crippen LogP contribution in [0.4, 0.5) is 5.69 Å². The fraction of sp³-hybridized carbons (Fsp3) is 0. The van der Waals surface area contributed by atoms with E-state index < -0.39 is 0 Å². The molecule has 0 aliphatic rings. The highest BCUT2D eigenvalue weighted by atomic mass is 16.1. The van der Waals surface area contributed by atoms with Gasteiger partial charge >= 0.3 is 0 Å². The van der Waals surface area contributed by atoms with Crippen molar-refractivity contribution in [2.45, 2.75) is 0 Å². The van der Waals surface area contributed by atoms with Crippen molar-refractivity contribution in [2.24, 2.45) is 0 Å². The van der Waals surface area contributed by atoms with Gasteiger partial charge in [-0.25, -0.2) is 4.98 Å². The van der Waals surface area contributed by atoms with Crippen LogP contribution < -0.4 is 10.9 Å². The van der Waals surface area contributed by atoms with E-state index in [2.05, 4.69) is 10.3 Å². The second kappa shape index (κ2) is 6.64. The van der Waals surface area contributed by atoms with Crippen molar-refractivity contribution in [2.75, 3.05) is 5.32 Å². The summed E-state index contributed by atoms with van der Waals surface area (Å²) in [5.41, 5.74) is 2.23. The average Bonchev–Trinajstić information content (AvgIpc) is 2.69. The number of fused-ring (bicyclic) bond motifs is 1. The molecule has 0 atom stereocenters. The van der Waals surface area contributed by atoms with E-state index in [4.69, 9.17) is 0 Å². The molecule has 26 heavy (non-hydrogen) atoms. The molecule has 0 aliphatic carbocycles. The molecule has 5 nitrogen and oxygen atoms in total. The monoisotopic (exact) mass is 341 g/mol. The van der Waals surface area contributed by atoms with Crippen LogP contribution in [0.3, 0.4) is 0 Å². The standard InChI is InChI=1S/C21H15N3O2/c25-20(23-16-7-3-1-4-8-16)15-11-12-18-19(13-15)22-14-24(21(18)26)17-9-5-2-6-10-17/h1-14H,(H,23,25). The summed E-state index contributed by atoms with van der Waals surface area (Å²) in [6, 6.07) is 23.4. The predicted octanol–water partition coefficient (Wildman–Crippen LogP) is 3.64. The van der Waals surface area contributed by atoms with Crippen molar-refractivity contribution < 1.29 is 4.79 Å². The number of nitrogens with one attached hydrogen (secondary N) is 1. The summed E-state index contributed by atoms with van der Waals surface area (Å²) in [5, 5.41) is 3.29. The zero-order valence-electron chi connectivity index (χ0n) is 13.8. The first-order valence-corrected chi connectivity index (χ1v) is 8.15. The fourth-order valence-corrected chi connectivity index (χ4v) is 2.76. The number of benzene rings is 3. The lowest BCUT2D eigenvalue weighted by atomic mass is 10.1. The lowest BCUT2D eigenvalue weighted by Crippen LogP contribution is -2.19. The van der Waals surface area contributed by atoms with Crippen LogP contribution in [0, 0.1) is 0 Å². The first-order chi connectivity index (χ1) is 12.7. The Kier molecular flexibility index (Phi) is 4.03. The third-order valence-corrected chi connectivity index (χ3v) is 4.09. The molecule has 0 unspecified atom stereocenters. The van der Waals surface area contributed by atoms with Crippen LogP contribution in [0.15, 0.2) is 90.0 Å². The number of amides is 1. The predicted molar refractivity (Wildman–Crippen MR) is 102 cm³/mol. The number of aromatic nitrogens is 2. The first kappa shape index (κ1) is 15.8. The number of hydrogen-bond acceptors (Lipinski definition) is 3. The number of para-hydroxylation sites is 2. The summed E-state index contributed by atoms with van der Waals surface area (Å²) in [6.07, 6.45) is 1.49. The van der Waals surface area contributed by atoms with Crippen molar-refractivity contribution in [1.82, 2.24) is 9.55 Å². The third-order valence-electron chi connectivity index (χ3n) is 4.09. The molecule has 126 valence electrons. The van der Waals surface area contributed by atoms with Crippen molar-refractivity contribution in [3.05, 3.63) is 101 Å². The van der Waals surface area contributed by atoms with Gasteiger partial charge in [-0.2, -0.15) is 0 Å². The Morgan fingerprint density at radius 3 is 2.31 bits per heavy atom. The second-order valence-corrected chi connectivity index (χ2v) is 5.81. The van der Waals surface area contributed by atoms with Gasteiger partial charge in [0.2, 0.25) is 0 Å². The molecule has 4 aromatic rings. The Hall–Kier alpha value is -3.73. The Morgan fingerprint density at radius 2 is 1.58 bits per heavy atom. The number of hydrogen-bond donors (Lipinski definition) is 1. The van der Waals surface area contributed by atoms with Gasteiger partial charge in [0.15, 0.2) is 0 Å². The Labute approximate surface area is 149 Å². The van der Waals surface area contributed by atoms with Crippen LogP contribution in [-0.4, -0.2) is 15.5 Å². The minimum Gasteiger partial charge on any atom is -0.322 e. The molecule has 3 aromatic carbocycles. The van der Waals surface area contributed by atoms with Crippen LogP contribution in [0.5, 0.6) is 0 Å². The lowest BCUT2D eigenvalue weighted by molar-refractivity contribution is 0.102. The SMILES string of the molecule is O=C(Nc1ccccc1)c1ccc2c(=O)n(-c3ccccc3)cnc2c1. The number of carbonyl (C=O) groups excluding carboxylic acids is 1. The third kappa shape index (κ3) is 2.98. The summed E-state index contributed by atoms with van der Waals surface area (Å²) < 4.78 is 1.49. The van der Waals surface area contributed by atoms with E-state index in [1.807, 2.05) is 60.7 Å². The maximum atomic E-state index is 12.7. The summed E-state index contributed by atoms with van der Waals surface area (Å²) in [6.45, 7) is 0. The molecule has 0 saturated carbocycles. The van der Waals surface area contributed by atoms with Gasteiger partial charge in [0.1, 0.15) is 6.33 Å². The van der Waals surface area contributed by atoms with Crippen LogP contribution in [0.1, 0.15) is 10.4 Å². The minimum absolute atomic E-state index is 0.170. The van der Waals surface area contributed by atoms with Gasteiger partial charge in [-0.15, -0.1) is 0 Å². The second-order valence-electron chi connectivity index (χ2n) is 5.81. The highest BCUT2D eigenvalue weighted by Crippen LogP contribution is 2.14. The number of nitrogens with zero attached hydrogens (tertiary/aromatic N) is 2. The molecule has 1 aromatic heterocycles. The average molecular weight is 341 g/mol. The number of rotatable bonds is 3. The van der Waals surface area contributed by atoms with E-state index in [1.54, 1.807) is 18.2 Å². The molecule has 0 aliphatic heterocycles. The molecule has 0 spiro atoms. The molecule has 4 rings (SSSR count). The van der Waals surface area contributed by atoms with Gasteiger partial charge in [-0.05, 0) is 42.5 Å². The van der Waals surface area contributed by atoms with E-state index in [-0.39, 0.29) is 11.5 Å². The Balaban J connectivity index is 1.70. The molecule has 0 fully saturated rings.